The Morgan fingerprint density at radius 3 is 2.41 bits per heavy atom. The molecule has 0 aliphatic heterocycles. The van der Waals surface area contributed by atoms with Gasteiger partial charge in [-0.25, -0.2) is 9.97 Å². The van der Waals surface area contributed by atoms with Crippen molar-refractivity contribution in [3.63, 3.8) is 0 Å². The molecule has 2 aromatic rings. The Hall–Kier alpha value is -0.640. The summed E-state index contributed by atoms with van der Waals surface area (Å²) in [5.74, 6) is 0.616. The summed E-state index contributed by atoms with van der Waals surface area (Å²) in [6, 6.07) is 5.60. The number of benzene rings is 1. The molecule has 0 amide bonds. The van der Waals surface area contributed by atoms with Gasteiger partial charge in [-0.05, 0) is 53.5 Å². The molecule has 0 saturated carbocycles. The summed E-state index contributed by atoms with van der Waals surface area (Å²) < 4.78 is 0.731. The van der Waals surface area contributed by atoms with Gasteiger partial charge in [0.05, 0.1) is 10.2 Å². The average Bonchev–Trinajstić information content (AvgIpc) is 2.25. The lowest BCUT2D eigenvalue weighted by Crippen LogP contribution is -1.96. The molecule has 1 heterocycles. The summed E-state index contributed by atoms with van der Waals surface area (Å²) >= 11 is 15.3. The van der Waals surface area contributed by atoms with E-state index < -0.39 is 0 Å². The van der Waals surface area contributed by atoms with Crippen LogP contribution in [0, 0.1) is 13.8 Å². The zero-order chi connectivity index (χ0) is 12.6. The molecule has 0 aliphatic carbocycles. The Morgan fingerprint density at radius 1 is 1.12 bits per heavy atom. The van der Waals surface area contributed by atoms with Crippen molar-refractivity contribution in [3.8, 4) is 11.4 Å². The lowest BCUT2D eigenvalue weighted by Gasteiger charge is -2.07. The van der Waals surface area contributed by atoms with Crippen molar-refractivity contribution in [3.05, 3.63) is 44.1 Å². The number of aromatic nitrogens is 2. The first kappa shape index (κ1) is 12.8. The van der Waals surface area contributed by atoms with Crippen LogP contribution < -0.4 is 0 Å². The van der Waals surface area contributed by atoms with Crippen molar-refractivity contribution < 1.29 is 0 Å². The molecular weight excluding hydrogens is 323 g/mol. The first-order valence-corrected chi connectivity index (χ1v) is 6.50. The van der Waals surface area contributed by atoms with Gasteiger partial charge in [0.15, 0.2) is 5.82 Å². The summed E-state index contributed by atoms with van der Waals surface area (Å²) in [6.45, 7) is 3.85. The highest BCUT2D eigenvalue weighted by atomic mass is 79.9. The largest absolute Gasteiger partial charge is 0.232 e. The maximum Gasteiger partial charge on any atom is 0.161 e. The third-order valence-corrected chi connectivity index (χ3v) is 4.09. The molecule has 2 nitrogen and oxygen atoms in total. The van der Waals surface area contributed by atoms with Gasteiger partial charge in [-0.1, -0.05) is 23.2 Å². The second kappa shape index (κ2) is 4.92. The SMILES string of the molecule is Cc1cc(Cl)ccc1-c1nc(C)c(Br)c(Cl)n1. The summed E-state index contributed by atoms with van der Waals surface area (Å²) in [5, 5.41) is 1.12. The van der Waals surface area contributed by atoms with Crippen LogP contribution in [0.15, 0.2) is 22.7 Å². The maximum absolute atomic E-state index is 6.03. The molecule has 88 valence electrons. The topological polar surface area (TPSA) is 25.8 Å². The van der Waals surface area contributed by atoms with E-state index in [4.69, 9.17) is 23.2 Å². The molecule has 2 rings (SSSR count). The van der Waals surface area contributed by atoms with E-state index in [1.165, 1.54) is 0 Å². The van der Waals surface area contributed by atoms with Crippen LogP contribution in [0.25, 0.3) is 11.4 Å². The highest BCUT2D eigenvalue weighted by Crippen LogP contribution is 2.28. The van der Waals surface area contributed by atoms with Crippen molar-refractivity contribution >= 4 is 39.1 Å². The van der Waals surface area contributed by atoms with Crippen molar-refractivity contribution in [2.75, 3.05) is 0 Å². The van der Waals surface area contributed by atoms with E-state index in [0.29, 0.717) is 16.0 Å². The second-order valence-corrected chi connectivity index (χ2v) is 5.28. The predicted octanol–water partition coefficient (Wildman–Crippen LogP) is 4.83. The zero-order valence-corrected chi connectivity index (χ0v) is 12.4. The van der Waals surface area contributed by atoms with Crippen molar-refractivity contribution in [2.24, 2.45) is 0 Å². The lowest BCUT2D eigenvalue weighted by molar-refractivity contribution is 1.09. The van der Waals surface area contributed by atoms with Crippen LogP contribution in [0.4, 0.5) is 0 Å². The molecule has 0 bridgehead atoms. The van der Waals surface area contributed by atoms with Gasteiger partial charge in [-0.15, -0.1) is 0 Å². The third kappa shape index (κ3) is 2.62. The van der Waals surface area contributed by atoms with Gasteiger partial charge >= 0.3 is 0 Å². The molecule has 0 aliphatic rings. The minimum atomic E-state index is 0.418. The lowest BCUT2D eigenvalue weighted by atomic mass is 10.1. The van der Waals surface area contributed by atoms with E-state index in [2.05, 4.69) is 25.9 Å². The van der Waals surface area contributed by atoms with E-state index in [-0.39, 0.29) is 0 Å². The minimum absolute atomic E-state index is 0.418. The molecule has 17 heavy (non-hydrogen) atoms. The quantitative estimate of drug-likeness (QED) is 0.699. The fourth-order valence-electron chi connectivity index (χ4n) is 1.52. The maximum atomic E-state index is 6.03. The van der Waals surface area contributed by atoms with Gasteiger partial charge < -0.3 is 0 Å². The molecule has 0 fully saturated rings. The van der Waals surface area contributed by atoms with E-state index >= 15 is 0 Å². The number of hydrogen-bond donors (Lipinski definition) is 0. The Kier molecular flexibility index (Phi) is 3.71. The highest BCUT2D eigenvalue weighted by Gasteiger charge is 2.11. The Morgan fingerprint density at radius 2 is 1.82 bits per heavy atom. The number of aryl methyl sites for hydroxylation is 2. The van der Waals surface area contributed by atoms with Crippen molar-refractivity contribution in [2.45, 2.75) is 13.8 Å². The molecule has 1 aromatic heterocycles. The zero-order valence-electron chi connectivity index (χ0n) is 9.26. The van der Waals surface area contributed by atoms with Gasteiger partial charge in [-0.2, -0.15) is 0 Å². The standard InChI is InChI=1S/C12H9BrCl2N2/c1-6-5-8(14)3-4-9(6)12-16-7(2)10(13)11(15)17-12/h3-5H,1-2H3. The first-order chi connectivity index (χ1) is 7.99. The normalized spacial score (nSPS) is 10.6. The fourth-order valence-corrected chi connectivity index (χ4v) is 2.14. The Labute approximate surface area is 118 Å². The molecule has 0 radical (unpaired) electrons. The minimum Gasteiger partial charge on any atom is -0.232 e. The first-order valence-electron chi connectivity index (χ1n) is 4.95. The molecule has 0 saturated heterocycles. The number of rotatable bonds is 1. The molecule has 1 aromatic carbocycles. The smallest absolute Gasteiger partial charge is 0.161 e. The van der Waals surface area contributed by atoms with Crippen molar-refractivity contribution in [1.29, 1.82) is 0 Å². The summed E-state index contributed by atoms with van der Waals surface area (Å²) in [7, 11) is 0. The summed E-state index contributed by atoms with van der Waals surface area (Å²) in [4.78, 5) is 8.67. The highest BCUT2D eigenvalue weighted by molar-refractivity contribution is 9.10. The summed E-state index contributed by atoms with van der Waals surface area (Å²) in [6.07, 6.45) is 0. The monoisotopic (exact) mass is 330 g/mol. The van der Waals surface area contributed by atoms with E-state index in [9.17, 15) is 0 Å². The molecule has 0 spiro atoms. The predicted molar refractivity (Wildman–Crippen MR) is 74.7 cm³/mol. The number of hydrogen-bond acceptors (Lipinski definition) is 2. The average molecular weight is 332 g/mol. The van der Waals surface area contributed by atoms with Crippen LogP contribution in [-0.2, 0) is 0 Å². The van der Waals surface area contributed by atoms with E-state index in [0.717, 1.165) is 21.3 Å². The summed E-state index contributed by atoms with van der Waals surface area (Å²) in [5.41, 5.74) is 2.77. The van der Waals surface area contributed by atoms with Crippen LogP contribution in [0.2, 0.25) is 10.2 Å². The van der Waals surface area contributed by atoms with Gasteiger partial charge in [0.2, 0.25) is 0 Å². The van der Waals surface area contributed by atoms with Gasteiger partial charge in [0.25, 0.3) is 0 Å². The number of halogens is 3. The molecule has 0 N–H and O–H groups in total. The van der Waals surface area contributed by atoms with Gasteiger partial charge in [-0.3, -0.25) is 0 Å². The Balaban J connectivity index is 2.61. The third-order valence-electron chi connectivity index (χ3n) is 2.41. The van der Waals surface area contributed by atoms with Crippen molar-refractivity contribution in [1.82, 2.24) is 9.97 Å². The second-order valence-electron chi connectivity index (χ2n) is 3.70. The Bertz CT molecular complexity index is 562. The number of nitrogens with zero attached hydrogens (tertiary/aromatic N) is 2. The van der Waals surface area contributed by atoms with E-state index in [1.54, 1.807) is 0 Å². The van der Waals surface area contributed by atoms with Crippen LogP contribution in [0.5, 0.6) is 0 Å². The van der Waals surface area contributed by atoms with Crippen LogP contribution in [0.3, 0.4) is 0 Å². The molecule has 5 heteroatoms. The van der Waals surface area contributed by atoms with Crippen LogP contribution >= 0.6 is 39.1 Å². The van der Waals surface area contributed by atoms with Crippen LogP contribution in [-0.4, -0.2) is 9.97 Å². The molecule has 0 unspecified atom stereocenters. The van der Waals surface area contributed by atoms with E-state index in [1.807, 2.05) is 32.0 Å². The van der Waals surface area contributed by atoms with Crippen LogP contribution in [0.1, 0.15) is 11.3 Å². The molecule has 0 atom stereocenters. The van der Waals surface area contributed by atoms with Gasteiger partial charge in [0, 0.05) is 10.6 Å². The molecular formula is C12H9BrCl2N2. The fraction of sp³-hybridized carbons (Fsp3) is 0.167. The van der Waals surface area contributed by atoms with Gasteiger partial charge in [0.1, 0.15) is 5.15 Å².